The molecular formula is C15H13NO2S2. The number of hydrogen-bond acceptors (Lipinski definition) is 4. The Kier molecular flexibility index (Phi) is 4.48. The van der Waals surface area contributed by atoms with Gasteiger partial charge >= 0.3 is 0 Å². The van der Waals surface area contributed by atoms with Crippen LogP contribution in [0.15, 0.2) is 53.4 Å². The van der Waals surface area contributed by atoms with Crippen LogP contribution in [-0.4, -0.2) is 8.42 Å². The van der Waals surface area contributed by atoms with E-state index >= 15 is 0 Å². The number of aryl methyl sites for hydroxylation is 1. The van der Waals surface area contributed by atoms with Gasteiger partial charge in [0.2, 0.25) is 8.87 Å². The molecule has 102 valence electrons. The number of hydrogen-bond donors (Lipinski definition) is 0. The molecule has 0 saturated heterocycles. The molecule has 0 spiro atoms. The summed E-state index contributed by atoms with van der Waals surface area (Å²) in [6, 6.07) is 15.8. The Bertz CT molecular complexity index is 727. The molecule has 5 heteroatoms. The summed E-state index contributed by atoms with van der Waals surface area (Å²) in [5.41, 5.74) is 2.48. The zero-order valence-corrected chi connectivity index (χ0v) is 12.5. The van der Waals surface area contributed by atoms with Crippen molar-refractivity contribution in [2.24, 2.45) is 0 Å². The van der Waals surface area contributed by atoms with Gasteiger partial charge in [0.1, 0.15) is 0 Å². The van der Waals surface area contributed by atoms with Gasteiger partial charge in [-0.25, -0.2) is 8.42 Å². The van der Waals surface area contributed by atoms with Crippen molar-refractivity contribution in [3.63, 3.8) is 0 Å². The van der Waals surface area contributed by atoms with Crippen LogP contribution in [0.2, 0.25) is 0 Å². The molecule has 0 heterocycles. The summed E-state index contributed by atoms with van der Waals surface area (Å²) in [4.78, 5) is 0.321. The number of rotatable bonds is 4. The van der Waals surface area contributed by atoms with Crippen LogP contribution in [0.5, 0.6) is 0 Å². The van der Waals surface area contributed by atoms with Gasteiger partial charge in [0.25, 0.3) is 0 Å². The maximum Gasteiger partial charge on any atom is 0.230 e. The lowest BCUT2D eigenvalue weighted by Crippen LogP contribution is -1.96. The van der Waals surface area contributed by atoms with Crippen LogP contribution in [0, 0.1) is 18.3 Å². The van der Waals surface area contributed by atoms with Crippen LogP contribution < -0.4 is 0 Å². The largest absolute Gasteiger partial charge is 0.230 e. The molecule has 0 unspecified atom stereocenters. The maximum atomic E-state index is 12.2. The standard InChI is InChI=1S/C15H13NO2S2/c1-12-2-8-15(9-3-12)20(17,18)19-11-14-6-4-13(10-16)5-7-14/h2-9H,11H2,1H3. The molecule has 0 N–H and O–H groups in total. The first-order valence-corrected chi connectivity index (χ1v) is 8.95. The van der Waals surface area contributed by atoms with Gasteiger partial charge in [0.05, 0.1) is 16.5 Å². The van der Waals surface area contributed by atoms with Crippen LogP contribution in [0.25, 0.3) is 0 Å². The average molecular weight is 303 g/mol. The van der Waals surface area contributed by atoms with Crippen LogP contribution >= 0.6 is 10.8 Å². The van der Waals surface area contributed by atoms with Crippen LogP contribution in [-0.2, 0) is 14.6 Å². The predicted octanol–water partition coefficient (Wildman–Crippen LogP) is 3.49. The Hall–Kier alpha value is -1.77. The lowest BCUT2D eigenvalue weighted by atomic mass is 10.2. The van der Waals surface area contributed by atoms with E-state index in [4.69, 9.17) is 5.26 Å². The van der Waals surface area contributed by atoms with Gasteiger partial charge in [0, 0.05) is 5.75 Å². The molecule has 20 heavy (non-hydrogen) atoms. The smallest absolute Gasteiger partial charge is 0.212 e. The van der Waals surface area contributed by atoms with Gasteiger partial charge in [-0.1, -0.05) is 29.8 Å². The second-order valence-corrected chi connectivity index (χ2v) is 8.27. The predicted molar refractivity (Wildman–Crippen MR) is 80.8 cm³/mol. The highest BCUT2D eigenvalue weighted by molar-refractivity contribution is 8.71. The van der Waals surface area contributed by atoms with Gasteiger partial charge in [-0.05, 0) is 47.5 Å². The molecular weight excluding hydrogens is 290 g/mol. The number of benzene rings is 2. The first-order valence-electron chi connectivity index (χ1n) is 5.96. The van der Waals surface area contributed by atoms with E-state index in [-0.39, 0.29) is 0 Å². The Morgan fingerprint density at radius 3 is 2.20 bits per heavy atom. The van der Waals surface area contributed by atoms with Crippen molar-refractivity contribution in [1.82, 2.24) is 0 Å². The fourth-order valence-electron chi connectivity index (χ4n) is 1.59. The van der Waals surface area contributed by atoms with Gasteiger partial charge in [0.15, 0.2) is 0 Å². The quantitative estimate of drug-likeness (QED) is 0.811. The highest BCUT2D eigenvalue weighted by Crippen LogP contribution is 2.26. The molecule has 0 amide bonds. The molecule has 0 radical (unpaired) electrons. The third kappa shape index (κ3) is 3.62. The van der Waals surface area contributed by atoms with Crippen LogP contribution in [0.4, 0.5) is 0 Å². The maximum absolute atomic E-state index is 12.2. The molecule has 0 aliphatic carbocycles. The summed E-state index contributed by atoms with van der Waals surface area (Å²) < 4.78 is 24.3. The van der Waals surface area contributed by atoms with Gasteiger partial charge < -0.3 is 0 Å². The lowest BCUT2D eigenvalue weighted by Gasteiger charge is -2.04. The first-order chi connectivity index (χ1) is 9.51. The zero-order valence-electron chi connectivity index (χ0n) is 10.9. The minimum atomic E-state index is -3.34. The normalized spacial score (nSPS) is 11.0. The van der Waals surface area contributed by atoms with E-state index in [1.54, 1.807) is 48.5 Å². The molecule has 2 rings (SSSR count). The molecule has 2 aromatic carbocycles. The van der Waals surface area contributed by atoms with E-state index in [1.807, 2.05) is 13.0 Å². The molecule has 0 atom stereocenters. The highest BCUT2D eigenvalue weighted by Gasteiger charge is 2.14. The van der Waals surface area contributed by atoms with E-state index in [1.165, 1.54) is 0 Å². The van der Waals surface area contributed by atoms with Crippen molar-refractivity contribution in [3.05, 3.63) is 65.2 Å². The molecule has 0 fully saturated rings. The first kappa shape index (κ1) is 14.6. The fourth-order valence-corrected chi connectivity index (χ4v) is 4.30. The topological polar surface area (TPSA) is 57.9 Å². The van der Waals surface area contributed by atoms with Crippen LogP contribution in [0.3, 0.4) is 0 Å². The Balaban J connectivity index is 2.09. The summed E-state index contributed by atoms with van der Waals surface area (Å²) in [5, 5.41) is 8.71. The zero-order chi connectivity index (χ0) is 14.6. The summed E-state index contributed by atoms with van der Waals surface area (Å²) >= 11 is 0. The van der Waals surface area contributed by atoms with Crippen molar-refractivity contribution >= 4 is 19.7 Å². The molecule has 0 aromatic heterocycles. The Morgan fingerprint density at radius 1 is 1.05 bits per heavy atom. The molecule has 0 aliphatic rings. The summed E-state index contributed by atoms with van der Waals surface area (Å²) in [5.74, 6) is 0.363. The Labute approximate surface area is 122 Å². The molecule has 3 nitrogen and oxygen atoms in total. The van der Waals surface area contributed by atoms with E-state index in [2.05, 4.69) is 0 Å². The third-order valence-corrected chi connectivity index (χ3v) is 6.25. The summed E-state index contributed by atoms with van der Waals surface area (Å²) in [6.45, 7) is 1.92. The third-order valence-electron chi connectivity index (χ3n) is 2.77. The van der Waals surface area contributed by atoms with Crippen molar-refractivity contribution in [3.8, 4) is 6.07 Å². The second kappa shape index (κ2) is 6.12. The SMILES string of the molecule is Cc1ccc(S(=O)(=O)SCc2ccc(C#N)cc2)cc1. The lowest BCUT2D eigenvalue weighted by molar-refractivity contribution is 0.610. The second-order valence-electron chi connectivity index (χ2n) is 4.34. The van der Waals surface area contributed by atoms with Gasteiger partial charge in [-0.15, -0.1) is 0 Å². The monoisotopic (exact) mass is 303 g/mol. The number of nitriles is 1. The molecule has 0 bridgehead atoms. The van der Waals surface area contributed by atoms with Crippen molar-refractivity contribution in [1.29, 1.82) is 5.26 Å². The highest BCUT2D eigenvalue weighted by atomic mass is 33.1. The van der Waals surface area contributed by atoms with Gasteiger partial charge in [-0.2, -0.15) is 5.26 Å². The van der Waals surface area contributed by atoms with Crippen molar-refractivity contribution < 1.29 is 8.42 Å². The van der Waals surface area contributed by atoms with E-state index in [9.17, 15) is 8.42 Å². The molecule has 0 aliphatic heterocycles. The summed E-state index contributed by atoms with van der Waals surface area (Å²) in [7, 11) is -2.45. The van der Waals surface area contributed by atoms with Crippen molar-refractivity contribution in [2.45, 2.75) is 17.6 Å². The van der Waals surface area contributed by atoms with E-state index in [0.717, 1.165) is 21.9 Å². The Morgan fingerprint density at radius 2 is 1.65 bits per heavy atom. The minimum absolute atomic E-state index is 0.321. The van der Waals surface area contributed by atoms with E-state index < -0.39 is 8.87 Å². The number of nitrogens with zero attached hydrogens (tertiary/aromatic N) is 1. The van der Waals surface area contributed by atoms with Gasteiger partial charge in [-0.3, -0.25) is 0 Å². The van der Waals surface area contributed by atoms with E-state index in [0.29, 0.717) is 16.2 Å². The van der Waals surface area contributed by atoms with Crippen molar-refractivity contribution in [2.75, 3.05) is 0 Å². The summed E-state index contributed by atoms with van der Waals surface area (Å²) in [6.07, 6.45) is 0. The van der Waals surface area contributed by atoms with Crippen LogP contribution in [0.1, 0.15) is 16.7 Å². The molecule has 2 aromatic rings. The minimum Gasteiger partial charge on any atom is -0.212 e. The molecule has 0 saturated carbocycles. The fraction of sp³-hybridized carbons (Fsp3) is 0.133. The average Bonchev–Trinajstić information content (AvgIpc) is 2.46.